The molecule has 7 nitrogen and oxygen atoms in total. The van der Waals surface area contributed by atoms with Gasteiger partial charge in [0.1, 0.15) is 0 Å². The summed E-state index contributed by atoms with van der Waals surface area (Å²) >= 11 is 0. The van der Waals surface area contributed by atoms with Crippen molar-refractivity contribution in [2.75, 3.05) is 26.2 Å². The molecule has 114 valence electrons. The standard InChI is InChI=1S/C13H18N4O.CH2O2/c18-13(2-1-11-9-14-4-5-15-11)17-8-7-16-6-3-12(17)10-16;2-1-3/h4-5,9,12H,1-3,6-8,10H2;1H,(H,2,3). The Kier molecular flexibility index (Phi) is 5.62. The average molecular weight is 292 g/mol. The first-order chi connectivity index (χ1) is 10.2. The van der Waals surface area contributed by atoms with Crippen molar-refractivity contribution in [3.63, 3.8) is 0 Å². The van der Waals surface area contributed by atoms with Crippen LogP contribution in [-0.4, -0.2) is 69.5 Å². The number of hydrogen-bond acceptors (Lipinski definition) is 5. The Hall–Kier alpha value is -2.02. The fourth-order valence-corrected chi connectivity index (χ4v) is 2.87. The van der Waals surface area contributed by atoms with Crippen molar-refractivity contribution in [3.05, 3.63) is 24.3 Å². The van der Waals surface area contributed by atoms with Gasteiger partial charge in [-0.15, -0.1) is 0 Å². The van der Waals surface area contributed by atoms with Crippen molar-refractivity contribution in [1.82, 2.24) is 19.8 Å². The monoisotopic (exact) mass is 292 g/mol. The summed E-state index contributed by atoms with van der Waals surface area (Å²) < 4.78 is 0. The second-order valence-corrected chi connectivity index (χ2v) is 5.13. The number of rotatable bonds is 3. The minimum atomic E-state index is -0.250. The maximum atomic E-state index is 12.2. The van der Waals surface area contributed by atoms with E-state index in [4.69, 9.17) is 9.90 Å². The highest BCUT2D eigenvalue weighted by molar-refractivity contribution is 5.77. The van der Waals surface area contributed by atoms with Gasteiger partial charge in [-0.2, -0.15) is 0 Å². The predicted molar refractivity (Wildman–Crippen MR) is 75.6 cm³/mol. The largest absolute Gasteiger partial charge is 0.483 e. The van der Waals surface area contributed by atoms with Crippen LogP contribution in [0.3, 0.4) is 0 Å². The zero-order chi connectivity index (χ0) is 15.1. The molecule has 2 bridgehead atoms. The number of aryl methyl sites for hydroxylation is 1. The van der Waals surface area contributed by atoms with E-state index < -0.39 is 0 Å². The lowest BCUT2D eigenvalue weighted by Crippen LogP contribution is -2.49. The maximum Gasteiger partial charge on any atom is 0.290 e. The van der Waals surface area contributed by atoms with E-state index in [1.54, 1.807) is 18.6 Å². The molecule has 0 radical (unpaired) electrons. The molecule has 0 saturated carbocycles. The first-order valence-corrected chi connectivity index (χ1v) is 7.09. The van der Waals surface area contributed by atoms with Gasteiger partial charge in [-0.3, -0.25) is 24.5 Å². The van der Waals surface area contributed by atoms with Gasteiger partial charge in [0.25, 0.3) is 6.47 Å². The average Bonchev–Trinajstić information content (AvgIpc) is 2.88. The van der Waals surface area contributed by atoms with Crippen LogP contribution in [0.15, 0.2) is 18.6 Å². The van der Waals surface area contributed by atoms with Crippen molar-refractivity contribution < 1.29 is 14.7 Å². The van der Waals surface area contributed by atoms with Crippen LogP contribution in [-0.2, 0) is 16.0 Å². The quantitative estimate of drug-likeness (QED) is 0.791. The second kappa shape index (κ2) is 7.68. The molecule has 2 saturated heterocycles. The molecule has 2 aliphatic heterocycles. The van der Waals surface area contributed by atoms with Crippen LogP contribution in [0, 0.1) is 0 Å². The highest BCUT2D eigenvalue weighted by Crippen LogP contribution is 2.21. The van der Waals surface area contributed by atoms with Crippen LogP contribution >= 0.6 is 0 Å². The normalized spacial score (nSPS) is 23.1. The van der Waals surface area contributed by atoms with Crippen LogP contribution in [0.5, 0.6) is 0 Å². The molecule has 3 heterocycles. The van der Waals surface area contributed by atoms with E-state index in [0.29, 0.717) is 18.9 Å². The first-order valence-electron chi connectivity index (χ1n) is 7.09. The van der Waals surface area contributed by atoms with Gasteiger partial charge >= 0.3 is 0 Å². The number of carboxylic acid groups (broad SMARTS) is 1. The third-order valence-corrected chi connectivity index (χ3v) is 3.88. The molecular formula is C14H20N4O3. The minimum Gasteiger partial charge on any atom is -0.483 e. The topological polar surface area (TPSA) is 86.6 Å². The van der Waals surface area contributed by atoms with Gasteiger partial charge in [0.05, 0.1) is 5.69 Å². The molecule has 21 heavy (non-hydrogen) atoms. The molecule has 1 aromatic rings. The molecule has 2 atom stereocenters. The molecule has 0 spiro atoms. The molecule has 0 aliphatic carbocycles. The third kappa shape index (κ3) is 4.22. The maximum absolute atomic E-state index is 12.2. The molecule has 3 rings (SSSR count). The third-order valence-electron chi connectivity index (χ3n) is 3.88. The number of fused-ring (bicyclic) bond motifs is 2. The molecule has 2 aliphatic rings. The SMILES string of the molecule is O=C(CCc1cnccn1)N1CCN2CCC1C2.O=CO. The summed E-state index contributed by atoms with van der Waals surface area (Å²) in [6.07, 6.45) is 7.45. The van der Waals surface area contributed by atoms with E-state index in [1.165, 1.54) is 0 Å². The van der Waals surface area contributed by atoms with E-state index >= 15 is 0 Å². The van der Waals surface area contributed by atoms with Crippen molar-refractivity contribution in [1.29, 1.82) is 0 Å². The van der Waals surface area contributed by atoms with Gasteiger partial charge < -0.3 is 10.0 Å². The molecule has 0 aromatic carbocycles. The van der Waals surface area contributed by atoms with Crippen molar-refractivity contribution in [2.24, 2.45) is 0 Å². The number of carbonyl (C=O) groups is 2. The first kappa shape index (κ1) is 15.4. The molecule has 1 N–H and O–H groups in total. The summed E-state index contributed by atoms with van der Waals surface area (Å²) in [5, 5.41) is 6.89. The number of carbonyl (C=O) groups excluding carboxylic acids is 1. The Labute approximate surface area is 123 Å². The Morgan fingerprint density at radius 2 is 2.19 bits per heavy atom. The van der Waals surface area contributed by atoms with Gasteiger partial charge in [-0.05, 0) is 12.8 Å². The lowest BCUT2D eigenvalue weighted by atomic mass is 10.1. The molecule has 1 aromatic heterocycles. The highest BCUT2D eigenvalue weighted by atomic mass is 16.3. The predicted octanol–water partition coefficient (Wildman–Crippen LogP) is 0.0265. The fraction of sp³-hybridized carbons (Fsp3) is 0.571. The molecule has 1 amide bonds. The van der Waals surface area contributed by atoms with Crippen LogP contribution < -0.4 is 0 Å². The van der Waals surface area contributed by atoms with E-state index in [0.717, 1.165) is 38.3 Å². The van der Waals surface area contributed by atoms with Crippen LogP contribution in [0.1, 0.15) is 18.5 Å². The summed E-state index contributed by atoms with van der Waals surface area (Å²) in [7, 11) is 0. The van der Waals surface area contributed by atoms with Gasteiger partial charge in [-0.1, -0.05) is 0 Å². The van der Waals surface area contributed by atoms with E-state index in [-0.39, 0.29) is 12.4 Å². The smallest absolute Gasteiger partial charge is 0.290 e. The van der Waals surface area contributed by atoms with Crippen molar-refractivity contribution >= 4 is 12.4 Å². The van der Waals surface area contributed by atoms with E-state index in [2.05, 4.69) is 19.8 Å². The van der Waals surface area contributed by atoms with E-state index in [1.807, 2.05) is 0 Å². The number of nitrogens with zero attached hydrogens (tertiary/aromatic N) is 4. The number of aromatic nitrogens is 2. The van der Waals surface area contributed by atoms with Crippen LogP contribution in [0.2, 0.25) is 0 Å². The zero-order valence-electron chi connectivity index (χ0n) is 11.9. The summed E-state index contributed by atoms with van der Waals surface area (Å²) in [6, 6.07) is 0.452. The number of piperazine rings is 1. The second-order valence-electron chi connectivity index (χ2n) is 5.13. The fourth-order valence-electron chi connectivity index (χ4n) is 2.87. The summed E-state index contributed by atoms with van der Waals surface area (Å²) in [4.78, 5) is 33.3. The van der Waals surface area contributed by atoms with Crippen LogP contribution in [0.4, 0.5) is 0 Å². The van der Waals surface area contributed by atoms with Gasteiger partial charge in [0.2, 0.25) is 5.91 Å². The molecule has 7 heteroatoms. The van der Waals surface area contributed by atoms with Crippen molar-refractivity contribution in [3.8, 4) is 0 Å². The summed E-state index contributed by atoms with van der Waals surface area (Å²) in [5.74, 6) is 0.271. The van der Waals surface area contributed by atoms with Gasteiger partial charge in [0, 0.05) is 57.2 Å². The van der Waals surface area contributed by atoms with E-state index in [9.17, 15) is 4.79 Å². The highest BCUT2D eigenvalue weighted by Gasteiger charge is 2.34. The Morgan fingerprint density at radius 1 is 1.38 bits per heavy atom. The lowest BCUT2D eigenvalue weighted by molar-refractivity contribution is -0.134. The molecular weight excluding hydrogens is 272 g/mol. The summed E-state index contributed by atoms with van der Waals surface area (Å²) in [5.41, 5.74) is 0.899. The van der Waals surface area contributed by atoms with Gasteiger partial charge in [-0.25, -0.2) is 0 Å². The Balaban J connectivity index is 0.000000497. The molecule has 2 unspecified atom stereocenters. The Morgan fingerprint density at radius 3 is 2.90 bits per heavy atom. The number of hydrogen-bond donors (Lipinski definition) is 1. The van der Waals surface area contributed by atoms with Gasteiger partial charge in [0.15, 0.2) is 0 Å². The number of amides is 1. The molecule has 2 fully saturated rings. The van der Waals surface area contributed by atoms with Crippen molar-refractivity contribution in [2.45, 2.75) is 25.3 Å². The minimum absolute atomic E-state index is 0.250. The lowest BCUT2D eigenvalue weighted by Gasteiger charge is -2.34. The summed E-state index contributed by atoms with van der Waals surface area (Å²) in [6.45, 7) is 3.90. The van der Waals surface area contributed by atoms with Crippen LogP contribution in [0.25, 0.3) is 0 Å². The zero-order valence-corrected chi connectivity index (χ0v) is 11.9. The Bertz CT molecular complexity index is 469.